The van der Waals surface area contributed by atoms with Crippen LogP contribution in [0.3, 0.4) is 0 Å². The molecule has 0 bridgehead atoms. The van der Waals surface area contributed by atoms with Gasteiger partial charge in [0, 0.05) is 31.8 Å². The van der Waals surface area contributed by atoms with Crippen LogP contribution in [-0.2, 0) is 24.4 Å². The Kier molecular flexibility index (Phi) is 7.40. The third kappa shape index (κ3) is 5.78. The van der Waals surface area contributed by atoms with Crippen LogP contribution in [0.15, 0.2) is 66.9 Å². The standard InChI is InChI=1S/C24H29FN2O/c1-20-10-12-21(13-11-20)17-27-15-5-8-23(27)19-26(14-6-16-28-2)18-22-7-3-4-9-24(22)25/h3-5,7-13,15H,6,14,16-19H2,1-2H3/p+1. The van der Waals surface area contributed by atoms with E-state index in [4.69, 9.17) is 4.74 Å². The SMILES string of the molecule is COCCC[NH+](Cc1ccccc1F)Cc1cccn1Cc1ccc(C)cc1. The highest BCUT2D eigenvalue weighted by atomic mass is 19.1. The predicted octanol–water partition coefficient (Wildman–Crippen LogP) is 3.61. The fourth-order valence-corrected chi connectivity index (χ4v) is 3.53. The molecule has 1 heterocycles. The molecule has 1 atom stereocenters. The van der Waals surface area contributed by atoms with Crippen LogP contribution in [0.4, 0.5) is 4.39 Å². The van der Waals surface area contributed by atoms with Gasteiger partial charge in [-0.1, -0.05) is 48.0 Å². The second-order valence-corrected chi connectivity index (χ2v) is 7.40. The van der Waals surface area contributed by atoms with Crippen molar-refractivity contribution in [2.24, 2.45) is 0 Å². The van der Waals surface area contributed by atoms with Gasteiger partial charge in [0.2, 0.25) is 0 Å². The van der Waals surface area contributed by atoms with E-state index in [1.807, 2.05) is 12.1 Å². The number of hydrogen-bond donors (Lipinski definition) is 1. The molecule has 4 heteroatoms. The van der Waals surface area contributed by atoms with E-state index in [-0.39, 0.29) is 5.82 Å². The molecule has 0 aliphatic heterocycles. The Morgan fingerprint density at radius 3 is 2.50 bits per heavy atom. The molecule has 1 unspecified atom stereocenters. The van der Waals surface area contributed by atoms with Crippen molar-refractivity contribution in [1.29, 1.82) is 0 Å². The van der Waals surface area contributed by atoms with Gasteiger partial charge >= 0.3 is 0 Å². The van der Waals surface area contributed by atoms with Crippen molar-refractivity contribution in [3.63, 3.8) is 0 Å². The summed E-state index contributed by atoms with van der Waals surface area (Å²) in [5, 5.41) is 0. The van der Waals surface area contributed by atoms with Gasteiger partial charge in [-0.05, 0) is 30.7 Å². The van der Waals surface area contributed by atoms with Crippen molar-refractivity contribution in [3.8, 4) is 0 Å². The molecular weight excluding hydrogens is 351 g/mol. The normalized spacial score (nSPS) is 12.2. The number of aryl methyl sites for hydroxylation is 1. The van der Waals surface area contributed by atoms with E-state index in [9.17, 15) is 4.39 Å². The first kappa shape index (κ1) is 20.3. The highest BCUT2D eigenvalue weighted by molar-refractivity contribution is 5.22. The van der Waals surface area contributed by atoms with Gasteiger partial charge in [-0.15, -0.1) is 0 Å². The number of benzene rings is 2. The van der Waals surface area contributed by atoms with Crippen molar-refractivity contribution in [1.82, 2.24) is 4.57 Å². The first-order chi connectivity index (χ1) is 13.7. The van der Waals surface area contributed by atoms with Crippen molar-refractivity contribution < 1.29 is 14.0 Å². The Balaban J connectivity index is 1.72. The Bertz CT molecular complexity index is 857. The van der Waals surface area contributed by atoms with E-state index in [2.05, 4.69) is 54.1 Å². The molecule has 2 aromatic carbocycles. The van der Waals surface area contributed by atoms with E-state index in [0.29, 0.717) is 6.54 Å². The molecule has 148 valence electrons. The van der Waals surface area contributed by atoms with Gasteiger partial charge in [0.15, 0.2) is 0 Å². The topological polar surface area (TPSA) is 18.6 Å². The van der Waals surface area contributed by atoms with Crippen molar-refractivity contribution in [2.45, 2.75) is 33.0 Å². The quantitative estimate of drug-likeness (QED) is 0.532. The average Bonchev–Trinajstić information content (AvgIpc) is 3.12. The smallest absolute Gasteiger partial charge is 0.132 e. The minimum atomic E-state index is -0.123. The largest absolute Gasteiger partial charge is 0.384 e. The monoisotopic (exact) mass is 381 g/mol. The van der Waals surface area contributed by atoms with Gasteiger partial charge in [0.1, 0.15) is 18.9 Å². The molecule has 3 aromatic rings. The first-order valence-corrected chi connectivity index (χ1v) is 9.91. The highest BCUT2D eigenvalue weighted by Crippen LogP contribution is 2.10. The number of methoxy groups -OCH3 is 1. The molecule has 28 heavy (non-hydrogen) atoms. The minimum absolute atomic E-state index is 0.123. The lowest BCUT2D eigenvalue weighted by Crippen LogP contribution is -3.09. The van der Waals surface area contributed by atoms with Crippen molar-refractivity contribution >= 4 is 0 Å². The molecular formula is C24H30FN2O+. The molecule has 0 spiro atoms. The van der Waals surface area contributed by atoms with Gasteiger partial charge in [-0.2, -0.15) is 0 Å². The zero-order valence-electron chi connectivity index (χ0n) is 16.8. The number of halogens is 1. The van der Waals surface area contributed by atoms with Gasteiger partial charge < -0.3 is 14.2 Å². The molecule has 0 fully saturated rings. The van der Waals surface area contributed by atoms with Crippen LogP contribution in [0.2, 0.25) is 0 Å². The van der Waals surface area contributed by atoms with E-state index < -0.39 is 0 Å². The fraction of sp³-hybridized carbons (Fsp3) is 0.333. The number of nitrogens with one attached hydrogen (secondary N) is 1. The maximum Gasteiger partial charge on any atom is 0.132 e. The van der Waals surface area contributed by atoms with Crippen LogP contribution in [-0.4, -0.2) is 24.8 Å². The summed E-state index contributed by atoms with van der Waals surface area (Å²) in [6.07, 6.45) is 3.09. The molecule has 0 amide bonds. The molecule has 0 aliphatic rings. The van der Waals surface area contributed by atoms with E-state index >= 15 is 0 Å². The Morgan fingerprint density at radius 1 is 0.964 bits per heavy atom. The number of quaternary nitrogens is 1. The summed E-state index contributed by atoms with van der Waals surface area (Å²) in [7, 11) is 1.73. The van der Waals surface area contributed by atoms with Gasteiger partial charge in [-0.3, -0.25) is 0 Å². The predicted molar refractivity (Wildman–Crippen MR) is 111 cm³/mol. The van der Waals surface area contributed by atoms with Crippen molar-refractivity contribution in [3.05, 3.63) is 95.1 Å². The van der Waals surface area contributed by atoms with Gasteiger partial charge in [0.25, 0.3) is 0 Å². The summed E-state index contributed by atoms with van der Waals surface area (Å²) in [4.78, 5) is 1.34. The second-order valence-electron chi connectivity index (χ2n) is 7.40. The third-order valence-electron chi connectivity index (χ3n) is 5.11. The summed E-state index contributed by atoms with van der Waals surface area (Å²) in [6.45, 7) is 6.16. The molecule has 0 radical (unpaired) electrons. The zero-order valence-corrected chi connectivity index (χ0v) is 16.8. The van der Waals surface area contributed by atoms with Crippen LogP contribution in [0.25, 0.3) is 0 Å². The second kappa shape index (κ2) is 10.2. The van der Waals surface area contributed by atoms with E-state index in [1.165, 1.54) is 21.7 Å². The van der Waals surface area contributed by atoms with Crippen molar-refractivity contribution in [2.75, 3.05) is 20.3 Å². The minimum Gasteiger partial charge on any atom is -0.384 e. The lowest BCUT2D eigenvalue weighted by molar-refractivity contribution is -0.928. The van der Waals surface area contributed by atoms with Crippen LogP contribution >= 0.6 is 0 Å². The maximum absolute atomic E-state index is 14.2. The van der Waals surface area contributed by atoms with Crippen LogP contribution in [0, 0.1) is 12.7 Å². The molecule has 1 aromatic heterocycles. The van der Waals surface area contributed by atoms with Gasteiger partial charge in [0.05, 0.1) is 18.8 Å². The zero-order chi connectivity index (χ0) is 19.8. The number of nitrogens with zero attached hydrogens (tertiary/aromatic N) is 1. The lowest BCUT2D eigenvalue weighted by atomic mass is 10.1. The molecule has 0 saturated carbocycles. The van der Waals surface area contributed by atoms with E-state index in [0.717, 1.165) is 38.2 Å². The Labute approximate surface area is 167 Å². The molecule has 3 rings (SSSR count). The Morgan fingerprint density at radius 2 is 1.75 bits per heavy atom. The molecule has 3 nitrogen and oxygen atoms in total. The fourth-order valence-electron chi connectivity index (χ4n) is 3.53. The van der Waals surface area contributed by atoms with Gasteiger partial charge in [-0.25, -0.2) is 4.39 Å². The number of aromatic nitrogens is 1. The number of ether oxygens (including phenoxy) is 1. The maximum atomic E-state index is 14.2. The summed E-state index contributed by atoms with van der Waals surface area (Å²) >= 11 is 0. The summed E-state index contributed by atoms with van der Waals surface area (Å²) in [5.74, 6) is -0.123. The summed E-state index contributed by atoms with van der Waals surface area (Å²) in [5.41, 5.74) is 4.60. The van der Waals surface area contributed by atoms with E-state index in [1.54, 1.807) is 19.2 Å². The Hall–Kier alpha value is -2.43. The lowest BCUT2D eigenvalue weighted by Gasteiger charge is -2.21. The molecule has 0 aliphatic carbocycles. The number of rotatable bonds is 10. The average molecular weight is 382 g/mol. The first-order valence-electron chi connectivity index (χ1n) is 9.91. The van der Waals surface area contributed by atoms with Crippen LogP contribution in [0.1, 0.15) is 28.8 Å². The third-order valence-corrected chi connectivity index (χ3v) is 5.11. The van der Waals surface area contributed by atoms with Crippen LogP contribution in [0.5, 0.6) is 0 Å². The summed E-state index contributed by atoms with van der Waals surface area (Å²) in [6, 6.07) is 20.0. The summed E-state index contributed by atoms with van der Waals surface area (Å²) < 4.78 is 21.7. The number of hydrogen-bond acceptors (Lipinski definition) is 1. The van der Waals surface area contributed by atoms with Crippen LogP contribution < -0.4 is 4.90 Å². The molecule has 1 N–H and O–H groups in total. The molecule has 0 saturated heterocycles. The highest BCUT2D eigenvalue weighted by Gasteiger charge is 2.15.